The molecule has 3 nitrogen and oxygen atoms in total. The number of benzene rings is 1. The molecule has 0 aliphatic heterocycles. The molecule has 2 aromatic heterocycles. The van der Waals surface area contributed by atoms with Gasteiger partial charge in [-0.1, -0.05) is 23.7 Å². The van der Waals surface area contributed by atoms with Gasteiger partial charge in [0.25, 0.3) is 5.56 Å². The van der Waals surface area contributed by atoms with Crippen LogP contribution in [-0.2, 0) is 0 Å². The zero-order valence-corrected chi connectivity index (χ0v) is 12.7. The number of halogens is 2. The van der Waals surface area contributed by atoms with Crippen molar-refractivity contribution in [2.24, 2.45) is 5.73 Å². The first-order chi connectivity index (χ1) is 9.99. The van der Waals surface area contributed by atoms with E-state index >= 15 is 0 Å². The SMILES string of the molecule is CC(N)c1cc2scc(Cl)n2c(=O)c1-c1cccc(F)c1. The third-order valence-corrected chi connectivity index (χ3v) is 4.59. The molecule has 0 aliphatic rings. The fourth-order valence-electron chi connectivity index (χ4n) is 2.35. The molecule has 6 heteroatoms. The molecule has 0 aliphatic carbocycles. The highest BCUT2D eigenvalue weighted by Crippen LogP contribution is 2.29. The van der Waals surface area contributed by atoms with Gasteiger partial charge in [0.2, 0.25) is 0 Å². The van der Waals surface area contributed by atoms with Crippen LogP contribution in [0.3, 0.4) is 0 Å². The first kappa shape index (κ1) is 14.3. The summed E-state index contributed by atoms with van der Waals surface area (Å²) in [6, 6.07) is 7.42. The normalized spacial score (nSPS) is 12.8. The van der Waals surface area contributed by atoms with Crippen molar-refractivity contribution in [3.05, 3.63) is 62.6 Å². The minimum atomic E-state index is -0.399. The predicted octanol–water partition coefficient (Wildman–Crippen LogP) is 3.84. The van der Waals surface area contributed by atoms with Gasteiger partial charge in [-0.3, -0.25) is 9.20 Å². The standard InChI is InChI=1S/C15H12ClFN2OS/c1-8(18)11-6-13-19(12(16)7-21-13)15(20)14(11)9-3-2-4-10(17)5-9/h2-8H,18H2,1H3. The molecule has 1 unspecified atom stereocenters. The van der Waals surface area contributed by atoms with Gasteiger partial charge in [-0.15, -0.1) is 11.3 Å². The van der Waals surface area contributed by atoms with Crippen molar-refractivity contribution >= 4 is 27.8 Å². The maximum Gasteiger partial charge on any atom is 0.265 e. The second-order valence-corrected chi connectivity index (χ2v) is 6.09. The Balaban J connectivity index is 2.44. The summed E-state index contributed by atoms with van der Waals surface area (Å²) < 4.78 is 14.9. The molecule has 3 aromatic rings. The minimum absolute atomic E-state index is 0.281. The predicted molar refractivity (Wildman–Crippen MR) is 84.6 cm³/mol. The summed E-state index contributed by atoms with van der Waals surface area (Å²) in [6.45, 7) is 1.79. The molecule has 0 saturated heterocycles. The van der Waals surface area contributed by atoms with Gasteiger partial charge in [0, 0.05) is 11.4 Å². The zero-order chi connectivity index (χ0) is 15.1. The fraction of sp³-hybridized carbons (Fsp3) is 0.133. The molecule has 0 amide bonds. The van der Waals surface area contributed by atoms with Crippen LogP contribution in [0, 0.1) is 5.82 Å². The third kappa shape index (κ3) is 2.37. The molecular weight excluding hydrogens is 311 g/mol. The number of aromatic nitrogens is 1. The maximum atomic E-state index is 13.5. The second-order valence-electron chi connectivity index (χ2n) is 4.81. The van der Waals surface area contributed by atoms with Crippen molar-refractivity contribution in [2.75, 3.05) is 0 Å². The van der Waals surface area contributed by atoms with E-state index in [0.29, 0.717) is 21.8 Å². The van der Waals surface area contributed by atoms with E-state index in [0.717, 1.165) is 4.83 Å². The number of nitrogens with two attached hydrogens (primary N) is 1. The Bertz CT molecular complexity index is 885. The summed E-state index contributed by atoms with van der Waals surface area (Å²) in [7, 11) is 0. The molecule has 0 spiro atoms. The molecule has 0 bridgehead atoms. The lowest BCUT2D eigenvalue weighted by Crippen LogP contribution is -2.20. The quantitative estimate of drug-likeness (QED) is 0.779. The number of thiazole rings is 1. The minimum Gasteiger partial charge on any atom is -0.324 e. The molecule has 2 N–H and O–H groups in total. The largest absolute Gasteiger partial charge is 0.324 e. The van der Waals surface area contributed by atoms with Crippen LogP contribution in [0.25, 0.3) is 16.0 Å². The molecule has 108 valence electrons. The average Bonchev–Trinajstić information content (AvgIpc) is 2.80. The lowest BCUT2D eigenvalue weighted by Gasteiger charge is -2.13. The topological polar surface area (TPSA) is 47.5 Å². The van der Waals surface area contributed by atoms with Crippen molar-refractivity contribution in [1.82, 2.24) is 4.40 Å². The van der Waals surface area contributed by atoms with Gasteiger partial charge in [-0.05, 0) is 36.2 Å². The van der Waals surface area contributed by atoms with E-state index in [1.165, 1.54) is 27.9 Å². The van der Waals surface area contributed by atoms with Gasteiger partial charge < -0.3 is 5.73 Å². The maximum absolute atomic E-state index is 13.5. The molecule has 0 radical (unpaired) electrons. The first-order valence-corrected chi connectivity index (χ1v) is 7.59. The van der Waals surface area contributed by atoms with Gasteiger partial charge in [0.15, 0.2) is 0 Å². The molecule has 0 saturated carbocycles. The van der Waals surface area contributed by atoms with E-state index in [1.807, 2.05) is 6.07 Å². The van der Waals surface area contributed by atoms with E-state index in [4.69, 9.17) is 17.3 Å². The van der Waals surface area contributed by atoms with Crippen LogP contribution >= 0.6 is 22.9 Å². The van der Waals surface area contributed by atoms with Gasteiger partial charge >= 0.3 is 0 Å². The van der Waals surface area contributed by atoms with Crippen molar-refractivity contribution in [1.29, 1.82) is 0 Å². The van der Waals surface area contributed by atoms with Crippen molar-refractivity contribution in [3.63, 3.8) is 0 Å². The van der Waals surface area contributed by atoms with Crippen LogP contribution in [0.5, 0.6) is 0 Å². The molecule has 1 aromatic carbocycles. The average molecular weight is 323 g/mol. The van der Waals surface area contributed by atoms with Gasteiger partial charge in [-0.25, -0.2) is 4.39 Å². The Kier molecular flexibility index (Phi) is 3.57. The lowest BCUT2D eigenvalue weighted by atomic mass is 9.97. The Hall–Kier alpha value is -1.69. The summed E-state index contributed by atoms with van der Waals surface area (Å²) >= 11 is 7.44. The third-order valence-electron chi connectivity index (χ3n) is 3.30. The fourth-order valence-corrected chi connectivity index (χ4v) is 3.51. The van der Waals surface area contributed by atoms with Gasteiger partial charge in [0.05, 0.1) is 5.56 Å². The number of hydrogen-bond acceptors (Lipinski definition) is 3. The Labute approximate surface area is 129 Å². The number of fused-ring (bicyclic) bond motifs is 1. The molecular formula is C15H12ClFN2OS. The van der Waals surface area contributed by atoms with E-state index in [2.05, 4.69) is 0 Å². The Morgan fingerprint density at radius 1 is 1.38 bits per heavy atom. The lowest BCUT2D eigenvalue weighted by molar-refractivity contribution is 0.628. The summed E-state index contributed by atoms with van der Waals surface area (Å²) in [5.74, 6) is -0.399. The summed E-state index contributed by atoms with van der Waals surface area (Å²) in [6.07, 6.45) is 0. The summed E-state index contributed by atoms with van der Waals surface area (Å²) in [5.41, 5.74) is 7.28. The van der Waals surface area contributed by atoms with Gasteiger partial charge in [0.1, 0.15) is 15.8 Å². The molecule has 0 fully saturated rings. The highest BCUT2D eigenvalue weighted by Gasteiger charge is 2.18. The smallest absolute Gasteiger partial charge is 0.265 e. The zero-order valence-electron chi connectivity index (χ0n) is 11.1. The van der Waals surface area contributed by atoms with E-state index in [-0.39, 0.29) is 11.6 Å². The molecule has 1 atom stereocenters. The Morgan fingerprint density at radius 3 is 2.81 bits per heavy atom. The molecule has 21 heavy (non-hydrogen) atoms. The van der Waals surface area contributed by atoms with Crippen LogP contribution in [0.15, 0.2) is 40.5 Å². The van der Waals surface area contributed by atoms with Crippen molar-refractivity contribution in [3.8, 4) is 11.1 Å². The second kappa shape index (κ2) is 5.26. The molecule has 2 heterocycles. The summed E-state index contributed by atoms with van der Waals surface area (Å²) in [5, 5.41) is 2.03. The highest BCUT2D eigenvalue weighted by atomic mass is 35.5. The number of rotatable bonds is 2. The van der Waals surface area contributed by atoms with Crippen LogP contribution in [-0.4, -0.2) is 4.40 Å². The first-order valence-electron chi connectivity index (χ1n) is 6.33. The monoisotopic (exact) mass is 322 g/mol. The van der Waals surface area contributed by atoms with E-state index < -0.39 is 5.82 Å². The van der Waals surface area contributed by atoms with Crippen molar-refractivity contribution in [2.45, 2.75) is 13.0 Å². The van der Waals surface area contributed by atoms with E-state index in [1.54, 1.807) is 24.4 Å². The van der Waals surface area contributed by atoms with Crippen LogP contribution < -0.4 is 11.3 Å². The Morgan fingerprint density at radius 2 is 2.14 bits per heavy atom. The highest BCUT2D eigenvalue weighted by molar-refractivity contribution is 7.16. The number of nitrogens with zero attached hydrogens (tertiary/aromatic N) is 1. The number of pyridine rings is 1. The van der Waals surface area contributed by atoms with Crippen molar-refractivity contribution < 1.29 is 4.39 Å². The van der Waals surface area contributed by atoms with E-state index in [9.17, 15) is 9.18 Å². The van der Waals surface area contributed by atoms with Crippen LogP contribution in [0.4, 0.5) is 4.39 Å². The number of hydrogen-bond donors (Lipinski definition) is 1. The van der Waals surface area contributed by atoms with Crippen LogP contribution in [0.1, 0.15) is 18.5 Å². The van der Waals surface area contributed by atoms with Crippen LogP contribution in [0.2, 0.25) is 5.15 Å². The van der Waals surface area contributed by atoms with Gasteiger partial charge in [-0.2, -0.15) is 0 Å². The molecule has 3 rings (SSSR count). The summed E-state index contributed by atoms with van der Waals surface area (Å²) in [4.78, 5) is 13.5.